The second-order valence-corrected chi connectivity index (χ2v) is 9.04. The van der Waals surface area contributed by atoms with Gasteiger partial charge in [-0.15, -0.1) is 10.2 Å². The molecule has 1 aromatic heterocycles. The summed E-state index contributed by atoms with van der Waals surface area (Å²) >= 11 is 1.23. The Kier molecular flexibility index (Phi) is 6.63. The third-order valence-electron chi connectivity index (χ3n) is 5.96. The Bertz CT molecular complexity index is 1020. The first-order valence-electron chi connectivity index (χ1n) is 10.5. The molecule has 1 unspecified atom stereocenters. The predicted molar refractivity (Wildman–Crippen MR) is 113 cm³/mol. The van der Waals surface area contributed by atoms with Crippen molar-refractivity contribution in [2.75, 3.05) is 25.0 Å². The molecule has 8 nitrogen and oxygen atoms in total. The number of amides is 3. The number of alkyl halides is 3. The number of anilines is 1. The van der Waals surface area contributed by atoms with Crippen LogP contribution in [0.4, 0.5) is 18.3 Å². The Morgan fingerprint density at radius 1 is 1.18 bits per heavy atom. The van der Waals surface area contributed by atoms with E-state index in [9.17, 15) is 27.6 Å². The number of rotatable bonds is 5. The Balaban J connectivity index is 1.29. The Labute approximate surface area is 191 Å². The topological polar surface area (TPSA) is 95.5 Å². The molecule has 0 saturated carbocycles. The highest BCUT2D eigenvalue weighted by Gasteiger charge is 2.38. The number of likely N-dealkylation sites (tertiary alicyclic amines) is 2. The molecule has 0 radical (unpaired) electrons. The van der Waals surface area contributed by atoms with Gasteiger partial charge in [-0.2, -0.15) is 13.2 Å². The van der Waals surface area contributed by atoms with Crippen LogP contribution in [0, 0.1) is 11.8 Å². The Morgan fingerprint density at radius 2 is 1.94 bits per heavy atom. The Hall–Kier alpha value is -3.02. The van der Waals surface area contributed by atoms with Crippen molar-refractivity contribution in [2.24, 2.45) is 11.8 Å². The number of piperidine rings is 1. The van der Waals surface area contributed by atoms with Gasteiger partial charge in [0.1, 0.15) is 5.51 Å². The number of nitrogens with zero attached hydrogens (tertiary/aromatic N) is 4. The number of hydrogen-bond donors (Lipinski definition) is 1. The summed E-state index contributed by atoms with van der Waals surface area (Å²) in [4.78, 5) is 40.8. The number of hydrogen-bond acceptors (Lipinski definition) is 6. The molecular weight excluding hydrogens is 459 g/mol. The fourth-order valence-electron chi connectivity index (χ4n) is 4.21. The summed E-state index contributed by atoms with van der Waals surface area (Å²) < 4.78 is 38.8. The molecule has 1 atom stereocenters. The maximum absolute atomic E-state index is 12.9. The van der Waals surface area contributed by atoms with Crippen LogP contribution < -0.4 is 5.32 Å². The summed E-state index contributed by atoms with van der Waals surface area (Å²) in [6.07, 6.45) is -3.41. The normalized spacial score (nSPS) is 19.7. The molecule has 3 amide bonds. The standard InChI is InChI=1S/C21H22F3N5O3S/c22-21(23,24)16-3-1-2-13(8-16)10-29-11-15(9-17(29)30)19(32)28-6-4-14(5-7-28)18(31)26-20-27-25-12-33-20/h1-3,8,12,14-15H,4-7,9-11H2,(H,26,27,31). The van der Waals surface area contributed by atoms with Gasteiger partial charge in [0.05, 0.1) is 11.5 Å². The highest BCUT2D eigenvalue weighted by atomic mass is 32.1. The number of halogens is 3. The van der Waals surface area contributed by atoms with E-state index in [2.05, 4.69) is 15.5 Å². The molecule has 2 aromatic rings. The van der Waals surface area contributed by atoms with Crippen molar-refractivity contribution in [3.05, 3.63) is 40.9 Å². The zero-order valence-electron chi connectivity index (χ0n) is 17.5. The van der Waals surface area contributed by atoms with Crippen LogP contribution in [0.2, 0.25) is 0 Å². The first-order chi connectivity index (χ1) is 15.7. The van der Waals surface area contributed by atoms with Crippen LogP contribution in [-0.4, -0.2) is 57.4 Å². The van der Waals surface area contributed by atoms with Gasteiger partial charge in [0, 0.05) is 38.5 Å². The summed E-state index contributed by atoms with van der Waals surface area (Å²) in [5.74, 6) is -1.33. The van der Waals surface area contributed by atoms with Gasteiger partial charge in [-0.1, -0.05) is 23.5 Å². The van der Waals surface area contributed by atoms with Gasteiger partial charge in [-0.05, 0) is 30.5 Å². The van der Waals surface area contributed by atoms with Gasteiger partial charge in [-0.3, -0.25) is 14.4 Å². The van der Waals surface area contributed by atoms with Gasteiger partial charge in [-0.25, -0.2) is 0 Å². The summed E-state index contributed by atoms with van der Waals surface area (Å²) in [6.45, 7) is 1.02. The molecule has 1 N–H and O–H groups in total. The van der Waals surface area contributed by atoms with E-state index in [0.29, 0.717) is 36.6 Å². The number of benzene rings is 1. The summed E-state index contributed by atoms with van der Waals surface area (Å²) in [7, 11) is 0. The maximum Gasteiger partial charge on any atom is 0.416 e. The smallest absolute Gasteiger partial charge is 0.342 e. The van der Waals surface area contributed by atoms with Crippen molar-refractivity contribution in [2.45, 2.75) is 32.0 Å². The van der Waals surface area contributed by atoms with E-state index >= 15 is 0 Å². The lowest BCUT2D eigenvalue weighted by Gasteiger charge is -2.32. The lowest BCUT2D eigenvalue weighted by Crippen LogP contribution is -2.44. The minimum Gasteiger partial charge on any atom is -0.342 e. The van der Waals surface area contributed by atoms with Crippen molar-refractivity contribution in [3.8, 4) is 0 Å². The SMILES string of the molecule is O=C(Nc1nncs1)C1CCN(C(=O)C2CC(=O)N(Cc3cccc(C(F)(F)F)c3)C2)CC1. The molecule has 33 heavy (non-hydrogen) atoms. The first-order valence-corrected chi connectivity index (χ1v) is 11.4. The molecule has 1 aromatic carbocycles. The molecule has 0 bridgehead atoms. The lowest BCUT2D eigenvalue weighted by atomic mass is 9.94. The van der Waals surface area contributed by atoms with E-state index in [-0.39, 0.29) is 43.1 Å². The molecule has 176 valence electrons. The minimum absolute atomic E-state index is 0.0282. The van der Waals surface area contributed by atoms with Gasteiger partial charge in [0.25, 0.3) is 0 Å². The largest absolute Gasteiger partial charge is 0.416 e. The molecule has 2 saturated heterocycles. The van der Waals surface area contributed by atoms with E-state index in [0.717, 1.165) is 12.1 Å². The van der Waals surface area contributed by atoms with Gasteiger partial charge < -0.3 is 15.1 Å². The van der Waals surface area contributed by atoms with Gasteiger partial charge in [0.15, 0.2) is 0 Å². The highest BCUT2D eigenvalue weighted by molar-refractivity contribution is 7.13. The third kappa shape index (κ3) is 5.49. The molecule has 2 aliphatic rings. The van der Waals surface area contributed by atoms with E-state index < -0.39 is 17.7 Å². The molecule has 0 aliphatic carbocycles. The van der Waals surface area contributed by atoms with E-state index in [1.165, 1.54) is 33.9 Å². The Morgan fingerprint density at radius 3 is 2.61 bits per heavy atom. The third-order valence-corrected chi connectivity index (χ3v) is 6.57. The molecule has 3 heterocycles. The molecule has 2 aliphatic heterocycles. The lowest BCUT2D eigenvalue weighted by molar-refractivity contribution is -0.138. The van der Waals surface area contributed by atoms with Crippen LogP contribution in [0.15, 0.2) is 29.8 Å². The van der Waals surface area contributed by atoms with Crippen LogP contribution in [0.3, 0.4) is 0 Å². The number of nitrogens with one attached hydrogen (secondary N) is 1. The first kappa shape index (κ1) is 23.1. The van der Waals surface area contributed by atoms with Crippen LogP contribution >= 0.6 is 11.3 Å². The van der Waals surface area contributed by atoms with Crippen LogP contribution in [0.25, 0.3) is 0 Å². The van der Waals surface area contributed by atoms with Gasteiger partial charge in [0.2, 0.25) is 22.9 Å². The van der Waals surface area contributed by atoms with Crippen LogP contribution in [0.5, 0.6) is 0 Å². The fraction of sp³-hybridized carbons (Fsp3) is 0.476. The van der Waals surface area contributed by atoms with Crippen LogP contribution in [-0.2, 0) is 27.1 Å². The quantitative estimate of drug-likeness (QED) is 0.709. The zero-order chi connectivity index (χ0) is 23.6. The number of aromatic nitrogens is 2. The number of carbonyl (C=O) groups is 3. The van der Waals surface area contributed by atoms with E-state index in [1.54, 1.807) is 4.90 Å². The van der Waals surface area contributed by atoms with Crippen molar-refractivity contribution in [1.82, 2.24) is 20.0 Å². The maximum atomic E-state index is 12.9. The summed E-state index contributed by atoms with van der Waals surface area (Å²) in [5, 5.41) is 10.6. The monoisotopic (exact) mass is 481 g/mol. The molecule has 4 rings (SSSR count). The van der Waals surface area contributed by atoms with Crippen molar-refractivity contribution in [1.29, 1.82) is 0 Å². The van der Waals surface area contributed by atoms with E-state index in [1.807, 2.05) is 0 Å². The predicted octanol–water partition coefficient (Wildman–Crippen LogP) is 2.78. The summed E-state index contributed by atoms with van der Waals surface area (Å²) in [5.41, 5.74) is 1.13. The number of carbonyl (C=O) groups excluding carboxylic acids is 3. The molecule has 0 spiro atoms. The van der Waals surface area contributed by atoms with Crippen molar-refractivity contribution < 1.29 is 27.6 Å². The van der Waals surface area contributed by atoms with Crippen molar-refractivity contribution >= 4 is 34.2 Å². The van der Waals surface area contributed by atoms with Gasteiger partial charge >= 0.3 is 6.18 Å². The second kappa shape index (κ2) is 9.46. The molecular formula is C21H22F3N5O3S. The fourth-order valence-corrected chi connectivity index (χ4v) is 4.66. The minimum atomic E-state index is -4.45. The van der Waals surface area contributed by atoms with Crippen LogP contribution in [0.1, 0.15) is 30.4 Å². The highest BCUT2D eigenvalue weighted by Crippen LogP contribution is 2.31. The van der Waals surface area contributed by atoms with E-state index in [4.69, 9.17) is 0 Å². The zero-order valence-corrected chi connectivity index (χ0v) is 18.4. The second-order valence-electron chi connectivity index (χ2n) is 8.21. The molecule has 12 heteroatoms. The summed E-state index contributed by atoms with van der Waals surface area (Å²) in [6, 6.07) is 4.86. The average Bonchev–Trinajstić information content (AvgIpc) is 3.43. The molecule has 2 fully saturated rings. The van der Waals surface area contributed by atoms with Crippen molar-refractivity contribution in [3.63, 3.8) is 0 Å². The average molecular weight is 482 g/mol.